The third-order valence-electron chi connectivity index (χ3n) is 3.97. The van der Waals surface area contributed by atoms with E-state index in [0.717, 1.165) is 15.4 Å². The molecule has 2 aliphatic rings. The van der Waals surface area contributed by atoms with Crippen LogP contribution in [-0.4, -0.2) is 0 Å². The molecule has 26 heavy (non-hydrogen) atoms. The largest absolute Gasteiger partial charge is 3.00 e. The molecule has 1 radical (unpaired) electrons. The van der Waals surface area contributed by atoms with Crippen molar-refractivity contribution in [1.82, 2.24) is 0 Å². The average Bonchev–Trinajstić information content (AvgIpc) is 3.12. The number of rotatable bonds is 1. The van der Waals surface area contributed by atoms with Crippen LogP contribution in [0.3, 0.4) is 0 Å². The molecule has 2 aliphatic carbocycles. The van der Waals surface area contributed by atoms with E-state index in [-0.39, 0.29) is 51.0 Å². The molecule has 0 bridgehead atoms. The third-order valence-corrected chi connectivity index (χ3v) is 4.96. The van der Waals surface area contributed by atoms with Crippen LogP contribution in [0.1, 0.15) is 43.7 Å². The van der Waals surface area contributed by atoms with Crippen molar-refractivity contribution in [2.45, 2.75) is 32.6 Å². The summed E-state index contributed by atoms with van der Waals surface area (Å²) in [7, 11) is 0. The molecule has 0 unspecified atom stereocenters. The van der Waals surface area contributed by atoms with Gasteiger partial charge in [-0.05, 0) is 46.5 Å². The first-order chi connectivity index (χ1) is 11.2. The van der Waals surface area contributed by atoms with Crippen LogP contribution in [-0.2, 0) is 26.2 Å². The number of hydrogen-bond acceptors (Lipinski definition) is 0. The van der Waals surface area contributed by atoms with E-state index in [1.807, 2.05) is 0 Å². The van der Waals surface area contributed by atoms with Gasteiger partial charge in [0.25, 0.3) is 0 Å². The molecule has 0 atom stereocenters. The van der Waals surface area contributed by atoms with Crippen molar-refractivity contribution in [3.63, 3.8) is 0 Å². The summed E-state index contributed by atoms with van der Waals surface area (Å²) in [5, 5.41) is 0. The molecule has 0 aliphatic heterocycles. The Morgan fingerprint density at radius 1 is 0.923 bits per heavy atom. The van der Waals surface area contributed by atoms with Crippen LogP contribution < -0.4 is 24.8 Å². The zero-order chi connectivity index (χ0) is 16.4. The smallest absolute Gasteiger partial charge is 1.00 e. The Morgan fingerprint density at radius 3 is 1.77 bits per heavy atom. The van der Waals surface area contributed by atoms with Gasteiger partial charge in [-0.15, -0.1) is 6.42 Å². The third kappa shape index (κ3) is 5.45. The van der Waals surface area contributed by atoms with Gasteiger partial charge in [0.15, 0.2) is 0 Å². The van der Waals surface area contributed by atoms with Crippen LogP contribution in [0, 0.1) is 6.08 Å². The van der Waals surface area contributed by atoms with Gasteiger partial charge >= 0.3 is 26.2 Å². The molecule has 0 saturated heterocycles. The second-order valence-corrected chi connectivity index (χ2v) is 7.67. The molecule has 0 saturated carbocycles. The first kappa shape index (κ1) is 26.3. The van der Waals surface area contributed by atoms with E-state index in [1.165, 1.54) is 34.2 Å². The van der Waals surface area contributed by atoms with Crippen LogP contribution in [0.5, 0.6) is 0 Å². The van der Waals surface area contributed by atoms with E-state index >= 15 is 0 Å². The molecule has 0 heterocycles. The normalized spacial score (nSPS) is 13.2. The molecule has 2 aromatic rings. The van der Waals surface area contributed by atoms with Gasteiger partial charge in [0.05, 0.1) is 0 Å². The Hall–Kier alpha value is 0.343. The monoisotopic (exact) mass is 589 g/mol. The van der Waals surface area contributed by atoms with Crippen molar-refractivity contribution in [2.75, 3.05) is 0 Å². The fraction of sp³-hybridized carbons (Fsp3) is 0.238. The van der Waals surface area contributed by atoms with E-state index in [0.29, 0.717) is 5.92 Å². The maximum absolute atomic E-state index is 3.60. The predicted molar refractivity (Wildman–Crippen MR) is 106 cm³/mol. The zero-order valence-electron chi connectivity index (χ0n) is 14.6. The Bertz CT molecular complexity index is 749. The number of allylic oxidation sites excluding steroid dienone is 4. The van der Waals surface area contributed by atoms with Crippen molar-refractivity contribution >= 4 is 31.9 Å². The maximum atomic E-state index is 3.60. The van der Waals surface area contributed by atoms with Gasteiger partial charge < -0.3 is 24.8 Å². The first-order valence-corrected chi connectivity index (χ1v) is 9.60. The molecule has 4 rings (SSSR count). The number of fused-ring (bicyclic) bond motifs is 3. The maximum Gasteiger partial charge on any atom is 3.00 e. The molecule has 135 valence electrons. The predicted octanol–water partition coefficient (Wildman–Crippen LogP) is 1.44. The van der Waals surface area contributed by atoms with Crippen LogP contribution in [0.25, 0.3) is 11.1 Å². The first-order valence-electron chi connectivity index (χ1n) is 8.02. The van der Waals surface area contributed by atoms with E-state index in [9.17, 15) is 0 Å². The molecule has 0 N–H and O–H groups in total. The Balaban J connectivity index is 0.000000980. The van der Waals surface area contributed by atoms with Crippen LogP contribution in [0.2, 0.25) is 0 Å². The van der Waals surface area contributed by atoms with Crippen molar-refractivity contribution in [1.29, 1.82) is 0 Å². The molecule has 0 spiro atoms. The Kier molecular flexibility index (Phi) is 12.2. The minimum atomic E-state index is 0. The minimum Gasteiger partial charge on any atom is -1.00 e. The van der Waals surface area contributed by atoms with Crippen molar-refractivity contribution in [2.24, 2.45) is 0 Å². The zero-order valence-corrected chi connectivity index (χ0v) is 21.8. The van der Waals surface area contributed by atoms with E-state index in [2.05, 4.69) is 100 Å². The summed E-state index contributed by atoms with van der Waals surface area (Å²) in [5.41, 5.74) is 6.73. The molecule has 0 fully saturated rings. The van der Waals surface area contributed by atoms with Gasteiger partial charge in [0.2, 0.25) is 0 Å². The van der Waals surface area contributed by atoms with Gasteiger partial charge in [-0.2, -0.15) is 6.08 Å². The molecular weight excluding hydrogens is 574 g/mol. The molecule has 2 aromatic carbocycles. The van der Waals surface area contributed by atoms with E-state index in [1.54, 1.807) is 0 Å². The fourth-order valence-electron chi connectivity index (χ4n) is 3.16. The Labute approximate surface area is 205 Å². The van der Waals surface area contributed by atoms with Gasteiger partial charge in [-0.25, -0.2) is 11.6 Å². The number of halogens is 4. The van der Waals surface area contributed by atoms with Crippen LogP contribution in [0.15, 0.2) is 63.1 Å². The summed E-state index contributed by atoms with van der Waals surface area (Å²) in [6.07, 6.45) is 10.1. The standard InChI is InChI=1S/C18H11Br2.C3H8.2ClH.Zr/c19-12-5-7-14-15-8-6-13(20)10-17(15)18(16(14)9-12)11-3-1-2-4-11;1-3-2;;;/h1,3,5-10,18H,2H2;3H2,1-2H3;2*1H;/q-1;;;;+3/p-2. The summed E-state index contributed by atoms with van der Waals surface area (Å²) < 4.78 is 2.27. The summed E-state index contributed by atoms with van der Waals surface area (Å²) in [6, 6.07) is 13.2. The Morgan fingerprint density at radius 2 is 1.38 bits per heavy atom. The van der Waals surface area contributed by atoms with Crippen molar-refractivity contribution in [3.8, 4) is 11.1 Å². The van der Waals surface area contributed by atoms with Gasteiger partial charge in [-0.3, -0.25) is 6.08 Å². The summed E-state index contributed by atoms with van der Waals surface area (Å²) >= 11 is 7.21. The van der Waals surface area contributed by atoms with Crippen molar-refractivity contribution < 1.29 is 51.0 Å². The minimum absolute atomic E-state index is 0. The van der Waals surface area contributed by atoms with Crippen LogP contribution >= 0.6 is 31.9 Å². The van der Waals surface area contributed by atoms with Gasteiger partial charge in [0, 0.05) is 14.9 Å². The number of benzene rings is 2. The van der Waals surface area contributed by atoms with E-state index in [4.69, 9.17) is 0 Å². The quantitative estimate of drug-likeness (QED) is 0.440. The molecule has 5 heteroatoms. The van der Waals surface area contributed by atoms with Gasteiger partial charge in [0.1, 0.15) is 0 Å². The average molecular weight is 593 g/mol. The molecule has 0 aromatic heterocycles. The van der Waals surface area contributed by atoms with E-state index < -0.39 is 0 Å². The summed E-state index contributed by atoms with van der Waals surface area (Å²) in [4.78, 5) is 0. The molecular formula is C21H19Br2Cl2Zr. The van der Waals surface area contributed by atoms with Gasteiger partial charge in [-0.1, -0.05) is 64.3 Å². The fourth-order valence-corrected chi connectivity index (χ4v) is 3.92. The molecule has 0 nitrogen and oxygen atoms in total. The second kappa shape index (κ2) is 12.0. The topological polar surface area (TPSA) is 0 Å². The van der Waals surface area contributed by atoms with Crippen LogP contribution in [0.4, 0.5) is 0 Å². The molecule has 0 amide bonds. The second-order valence-electron chi connectivity index (χ2n) is 5.84. The van der Waals surface area contributed by atoms with Crippen molar-refractivity contribution in [3.05, 3.63) is 80.3 Å². The number of hydrogen-bond donors (Lipinski definition) is 0. The summed E-state index contributed by atoms with van der Waals surface area (Å²) in [6.45, 7) is 4.25. The SMILES string of the molecule is Brc1ccc2c(c1)C(C1=[C-]CC=C1)c1cc(Br)ccc1-2.CCC.[Cl-].[Cl-].[Zr+3]. The summed E-state index contributed by atoms with van der Waals surface area (Å²) in [5.74, 6) is 0.314.